The van der Waals surface area contributed by atoms with Crippen LogP contribution in [0.15, 0.2) is 70.6 Å². The summed E-state index contributed by atoms with van der Waals surface area (Å²) in [5, 5.41) is 4.43. The molecule has 1 aliphatic rings. The summed E-state index contributed by atoms with van der Waals surface area (Å²) in [7, 11) is 1.65. The molecule has 174 valence electrons. The molecule has 0 aromatic heterocycles. The standard InChI is InChI=1S/C27H26ClN3O2S/c1-17-11-24-25(12-18(17)2)31-27(14-23(30-24)19-8-6-9-21(13-19)33-3)34-16-26(32)29-15-20-7-4-5-10-22(20)28/h4-13H,14-16H2,1-3H3,(H,29,32). The van der Waals surface area contributed by atoms with E-state index in [1.165, 1.54) is 11.8 Å². The van der Waals surface area contributed by atoms with Gasteiger partial charge in [-0.15, -0.1) is 11.8 Å². The van der Waals surface area contributed by atoms with E-state index < -0.39 is 0 Å². The summed E-state index contributed by atoms with van der Waals surface area (Å²) in [6.45, 7) is 4.53. The van der Waals surface area contributed by atoms with Crippen molar-refractivity contribution in [3.63, 3.8) is 0 Å². The van der Waals surface area contributed by atoms with Crippen LogP contribution in [0.3, 0.4) is 0 Å². The van der Waals surface area contributed by atoms with E-state index in [1.807, 2.05) is 48.5 Å². The summed E-state index contributed by atoms with van der Waals surface area (Å²) in [5.41, 5.74) is 6.73. The SMILES string of the molecule is COc1cccc(C2=Nc3cc(C)c(C)cc3N=C(SCC(=O)NCc3ccccc3Cl)C2)c1. The molecule has 0 unspecified atom stereocenters. The molecule has 1 heterocycles. The number of thioether (sulfide) groups is 1. The number of nitrogens with zero attached hydrogens (tertiary/aromatic N) is 2. The number of ether oxygens (including phenoxy) is 1. The van der Waals surface area contributed by atoms with Crippen molar-refractivity contribution >= 4 is 51.4 Å². The number of amides is 1. The van der Waals surface area contributed by atoms with Gasteiger partial charge in [0.2, 0.25) is 5.91 Å². The number of carbonyl (C=O) groups is 1. The van der Waals surface area contributed by atoms with Crippen LogP contribution in [0.1, 0.15) is 28.7 Å². The lowest BCUT2D eigenvalue weighted by atomic mass is 10.1. The molecular formula is C27H26ClN3O2S. The molecule has 0 atom stereocenters. The molecule has 4 rings (SSSR count). The third-order valence-corrected chi connectivity index (χ3v) is 6.96. The molecule has 0 radical (unpaired) electrons. The molecule has 0 spiro atoms. The number of aryl methyl sites for hydroxylation is 2. The molecule has 0 saturated carbocycles. The van der Waals surface area contributed by atoms with Crippen molar-refractivity contribution in [1.29, 1.82) is 0 Å². The first-order valence-corrected chi connectivity index (χ1v) is 12.3. The highest BCUT2D eigenvalue weighted by Crippen LogP contribution is 2.36. The fourth-order valence-corrected chi connectivity index (χ4v) is 4.56. The summed E-state index contributed by atoms with van der Waals surface area (Å²) >= 11 is 7.63. The average molecular weight is 492 g/mol. The molecule has 7 heteroatoms. The molecule has 0 fully saturated rings. The van der Waals surface area contributed by atoms with Gasteiger partial charge in [-0.1, -0.05) is 41.9 Å². The summed E-state index contributed by atoms with van der Waals surface area (Å²) < 4.78 is 5.41. The number of hydrogen-bond donors (Lipinski definition) is 1. The van der Waals surface area contributed by atoms with Gasteiger partial charge in [-0.3, -0.25) is 9.79 Å². The van der Waals surface area contributed by atoms with Crippen molar-refractivity contribution in [1.82, 2.24) is 5.32 Å². The molecule has 3 aromatic rings. The quantitative estimate of drug-likeness (QED) is 0.424. The fourth-order valence-electron chi connectivity index (χ4n) is 3.55. The topological polar surface area (TPSA) is 63.1 Å². The van der Waals surface area contributed by atoms with E-state index >= 15 is 0 Å². The first kappa shape index (κ1) is 24.0. The summed E-state index contributed by atoms with van der Waals surface area (Å²) in [6, 6.07) is 19.5. The van der Waals surface area contributed by atoms with Crippen LogP contribution in [-0.4, -0.2) is 29.5 Å². The molecule has 0 aliphatic carbocycles. The van der Waals surface area contributed by atoms with Gasteiger partial charge in [0, 0.05) is 23.6 Å². The molecule has 34 heavy (non-hydrogen) atoms. The minimum atomic E-state index is -0.0722. The van der Waals surface area contributed by atoms with Gasteiger partial charge in [0.1, 0.15) is 5.75 Å². The smallest absolute Gasteiger partial charge is 0.230 e. The van der Waals surface area contributed by atoms with Crippen molar-refractivity contribution in [3.8, 4) is 5.75 Å². The maximum Gasteiger partial charge on any atom is 0.230 e. The van der Waals surface area contributed by atoms with Crippen molar-refractivity contribution in [2.75, 3.05) is 12.9 Å². The number of nitrogens with one attached hydrogen (secondary N) is 1. The molecular weight excluding hydrogens is 466 g/mol. The van der Waals surface area contributed by atoms with E-state index in [0.29, 0.717) is 18.0 Å². The lowest BCUT2D eigenvalue weighted by Crippen LogP contribution is -2.25. The van der Waals surface area contributed by atoms with E-state index in [0.717, 1.165) is 50.1 Å². The highest BCUT2D eigenvalue weighted by molar-refractivity contribution is 8.14. The Bertz CT molecular complexity index is 1290. The number of fused-ring (bicyclic) bond motifs is 1. The van der Waals surface area contributed by atoms with Crippen LogP contribution in [0.4, 0.5) is 11.4 Å². The number of halogens is 1. The number of methoxy groups -OCH3 is 1. The number of aliphatic imine (C=N–C) groups is 2. The third kappa shape index (κ3) is 5.88. The highest BCUT2D eigenvalue weighted by Gasteiger charge is 2.18. The van der Waals surface area contributed by atoms with Gasteiger partial charge in [0.25, 0.3) is 0 Å². The van der Waals surface area contributed by atoms with Crippen LogP contribution in [0.5, 0.6) is 5.75 Å². The zero-order valence-electron chi connectivity index (χ0n) is 19.4. The molecule has 0 bridgehead atoms. The zero-order chi connectivity index (χ0) is 24.1. The predicted molar refractivity (Wildman–Crippen MR) is 143 cm³/mol. The Labute approximate surface area is 209 Å². The largest absolute Gasteiger partial charge is 0.497 e. The van der Waals surface area contributed by atoms with Gasteiger partial charge in [0.15, 0.2) is 0 Å². The van der Waals surface area contributed by atoms with Crippen LogP contribution in [0.2, 0.25) is 5.02 Å². The second-order valence-electron chi connectivity index (χ2n) is 8.05. The fraction of sp³-hybridized carbons (Fsp3) is 0.222. The first-order chi connectivity index (χ1) is 16.4. The predicted octanol–water partition coefficient (Wildman–Crippen LogP) is 6.57. The van der Waals surface area contributed by atoms with Crippen LogP contribution in [0, 0.1) is 13.8 Å². The van der Waals surface area contributed by atoms with E-state index in [4.69, 9.17) is 26.3 Å². The van der Waals surface area contributed by atoms with E-state index in [-0.39, 0.29) is 11.7 Å². The Morgan fingerprint density at radius 1 is 1.03 bits per heavy atom. The van der Waals surface area contributed by atoms with Gasteiger partial charge < -0.3 is 10.1 Å². The molecule has 0 saturated heterocycles. The Hall–Kier alpha value is -3.09. The van der Waals surface area contributed by atoms with Crippen molar-refractivity contribution in [2.24, 2.45) is 9.98 Å². The Morgan fingerprint density at radius 3 is 2.50 bits per heavy atom. The van der Waals surface area contributed by atoms with Gasteiger partial charge in [0.05, 0.1) is 35.0 Å². The van der Waals surface area contributed by atoms with Crippen molar-refractivity contribution in [3.05, 3.63) is 87.9 Å². The normalized spacial score (nSPS) is 12.8. The van der Waals surface area contributed by atoms with Crippen LogP contribution >= 0.6 is 23.4 Å². The summed E-state index contributed by atoms with van der Waals surface area (Å²) in [4.78, 5) is 22.4. The average Bonchev–Trinajstić information content (AvgIpc) is 3.01. The van der Waals surface area contributed by atoms with E-state index in [1.54, 1.807) is 7.11 Å². The maximum atomic E-state index is 12.6. The minimum absolute atomic E-state index is 0.0722. The summed E-state index contributed by atoms with van der Waals surface area (Å²) in [5.74, 6) is 0.960. The van der Waals surface area contributed by atoms with Crippen LogP contribution in [-0.2, 0) is 11.3 Å². The second kappa shape index (κ2) is 10.9. The number of carbonyl (C=O) groups excluding carboxylic acids is 1. The maximum absolute atomic E-state index is 12.6. The van der Waals surface area contributed by atoms with Gasteiger partial charge in [-0.2, -0.15) is 0 Å². The summed E-state index contributed by atoms with van der Waals surface area (Å²) in [6.07, 6.45) is 0.530. The molecule has 5 nitrogen and oxygen atoms in total. The number of hydrogen-bond acceptors (Lipinski definition) is 5. The van der Waals surface area contributed by atoms with E-state index in [9.17, 15) is 4.79 Å². The lowest BCUT2D eigenvalue weighted by Gasteiger charge is -2.10. The molecule has 1 aliphatic heterocycles. The first-order valence-electron chi connectivity index (χ1n) is 11.0. The monoisotopic (exact) mass is 491 g/mol. The Balaban J connectivity index is 1.54. The second-order valence-corrected chi connectivity index (χ2v) is 9.51. The number of rotatable bonds is 6. The third-order valence-electron chi connectivity index (χ3n) is 5.62. The molecule has 1 amide bonds. The number of benzene rings is 3. The van der Waals surface area contributed by atoms with Gasteiger partial charge in [-0.05, 0) is 60.9 Å². The Morgan fingerprint density at radius 2 is 1.76 bits per heavy atom. The zero-order valence-corrected chi connectivity index (χ0v) is 21.0. The van der Waals surface area contributed by atoms with E-state index in [2.05, 4.69) is 31.3 Å². The molecule has 3 aromatic carbocycles. The lowest BCUT2D eigenvalue weighted by molar-refractivity contribution is -0.118. The van der Waals surface area contributed by atoms with Gasteiger partial charge in [-0.25, -0.2) is 4.99 Å². The molecule has 1 N–H and O–H groups in total. The van der Waals surface area contributed by atoms with Crippen molar-refractivity contribution < 1.29 is 9.53 Å². The Kier molecular flexibility index (Phi) is 7.70. The van der Waals surface area contributed by atoms with Crippen LogP contribution in [0.25, 0.3) is 0 Å². The highest BCUT2D eigenvalue weighted by atomic mass is 35.5. The minimum Gasteiger partial charge on any atom is -0.497 e. The van der Waals surface area contributed by atoms with Crippen LogP contribution < -0.4 is 10.1 Å². The van der Waals surface area contributed by atoms with Crippen molar-refractivity contribution in [2.45, 2.75) is 26.8 Å². The van der Waals surface area contributed by atoms with Gasteiger partial charge >= 0.3 is 0 Å².